The summed E-state index contributed by atoms with van der Waals surface area (Å²) >= 11 is 0. The lowest BCUT2D eigenvalue weighted by molar-refractivity contribution is -0.123. The van der Waals surface area contributed by atoms with E-state index in [1.165, 1.54) is 0 Å². The van der Waals surface area contributed by atoms with Crippen LogP contribution in [0.1, 0.15) is 65.8 Å². The summed E-state index contributed by atoms with van der Waals surface area (Å²) in [4.78, 5) is 35.9. The number of carbonyl (C=O) groups is 1. The molecule has 3 N–H and O–H groups in total. The number of rotatable bonds is 5. The molecule has 1 aliphatic carbocycles. The lowest BCUT2D eigenvalue weighted by atomic mass is 9.66. The molecule has 3 aromatic heterocycles. The van der Waals surface area contributed by atoms with Gasteiger partial charge in [0, 0.05) is 29.6 Å². The number of nitrogens with zero attached hydrogens (tertiary/aromatic N) is 2. The van der Waals surface area contributed by atoms with Gasteiger partial charge in [-0.05, 0) is 37.7 Å². The maximum absolute atomic E-state index is 13.1. The van der Waals surface area contributed by atoms with E-state index in [0.29, 0.717) is 18.3 Å². The fourth-order valence-electron chi connectivity index (χ4n) is 5.49. The molecule has 0 radical (unpaired) electrons. The number of hydrogen-bond acceptors (Lipinski definition) is 3. The number of aromatic amines is 2. The molecule has 1 fully saturated rings. The van der Waals surface area contributed by atoms with Gasteiger partial charge < -0.3 is 15.3 Å². The molecule has 4 rings (SSSR count). The van der Waals surface area contributed by atoms with Gasteiger partial charge in [-0.25, -0.2) is 9.78 Å². The van der Waals surface area contributed by atoms with Crippen molar-refractivity contribution in [3.63, 3.8) is 0 Å². The van der Waals surface area contributed by atoms with E-state index < -0.39 is 0 Å². The van der Waals surface area contributed by atoms with Gasteiger partial charge in [0.1, 0.15) is 5.65 Å². The van der Waals surface area contributed by atoms with Crippen LogP contribution in [0.2, 0.25) is 0 Å². The molecule has 0 saturated heterocycles. The molecular weight excluding hydrogens is 366 g/mol. The zero-order chi connectivity index (χ0) is 20.8. The van der Waals surface area contributed by atoms with Crippen molar-refractivity contribution < 1.29 is 4.79 Å². The fraction of sp³-hybridized carbons (Fsp3) is 0.591. The standard InChI is InChI=1S/C22H31N5O2/c1-5-13-10-22(4,26-17(28)7-3)11-14(6-2)18(13)27-19-15-8-9-23-20(15)24-12-16(19)25-21(27)29/h8-9,12-14,18H,5-7,10-11H2,1-4H3,(H,23,24)(H,25,29)(H,26,28). The molecule has 0 aliphatic heterocycles. The Kier molecular flexibility index (Phi) is 5.00. The highest BCUT2D eigenvalue weighted by Gasteiger charge is 2.44. The van der Waals surface area contributed by atoms with Crippen molar-refractivity contribution >= 4 is 28.0 Å². The number of pyridine rings is 1. The average molecular weight is 398 g/mol. The average Bonchev–Trinajstić information content (AvgIpc) is 3.30. The van der Waals surface area contributed by atoms with Gasteiger partial charge >= 0.3 is 5.69 Å². The van der Waals surface area contributed by atoms with Gasteiger partial charge in [0.05, 0.1) is 17.2 Å². The van der Waals surface area contributed by atoms with E-state index >= 15 is 0 Å². The van der Waals surface area contributed by atoms with E-state index in [-0.39, 0.29) is 23.2 Å². The molecule has 2 unspecified atom stereocenters. The Morgan fingerprint density at radius 1 is 1.28 bits per heavy atom. The molecule has 2 atom stereocenters. The summed E-state index contributed by atoms with van der Waals surface area (Å²) in [5.74, 6) is 0.699. The van der Waals surface area contributed by atoms with Crippen LogP contribution in [0.15, 0.2) is 23.3 Å². The van der Waals surface area contributed by atoms with Crippen molar-refractivity contribution in [1.82, 2.24) is 24.8 Å². The second-order valence-corrected chi connectivity index (χ2v) is 8.76. The van der Waals surface area contributed by atoms with Crippen LogP contribution >= 0.6 is 0 Å². The Balaban J connectivity index is 1.84. The van der Waals surface area contributed by atoms with Gasteiger partial charge in [0.15, 0.2) is 0 Å². The lowest BCUT2D eigenvalue weighted by Gasteiger charge is -2.48. The van der Waals surface area contributed by atoms with E-state index in [4.69, 9.17) is 0 Å². The van der Waals surface area contributed by atoms with Crippen LogP contribution in [0.4, 0.5) is 0 Å². The van der Waals surface area contributed by atoms with E-state index in [2.05, 4.69) is 41.0 Å². The van der Waals surface area contributed by atoms with Crippen LogP contribution in [-0.2, 0) is 4.79 Å². The SMILES string of the molecule is CCC(=O)NC1(C)CC(CC)C(n2c(=O)[nH]c3cnc4[nH]ccc4c32)C(CC)C1. The van der Waals surface area contributed by atoms with Gasteiger partial charge in [-0.1, -0.05) is 33.6 Å². The van der Waals surface area contributed by atoms with E-state index in [0.717, 1.165) is 47.8 Å². The number of carbonyl (C=O) groups excluding carboxylic acids is 1. The maximum Gasteiger partial charge on any atom is 0.326 e. The monoisotopic (exact) mass is 397 g/mol. The molecule has 1 saturated carbocycles. The minimum absolute atomic E-state index is 0.0707. The van der Waals surface area contributed by atoms with Crippen LogP contribution < -0.4 is 11.0 Å². The highest BCUT2D eigenvalue weighted by Crippen LogP contribution is 2.46. The van der Waals surface area contributed by atoms with Crippen molar-refractivity contribution in [2.45, 2.75) is 71.4 Å². The number of hydrogen-bond donors (Lipinski definition) is 3. The van der Waals surface area contributed by atoms with Crippen LogP contribution in [0.5, 0.6) is 0 Å². The zero-order valence-electron chi connectivity index (χ0n) is 17.7. The number of amides is 1. The minimum atomic E-state index is -0.231. The molecule has 29 heavy (non-hydrogen) atoms. The molecule has 0 spiro atoms. The maximum atomic E-state index is 13.1. The first-order chi connectivity index (χ1) is 13.9. The predicted molar refractivity (Wildman–Crippen MR) is 115 cm³/mol. The number of imidazole rings is 1. The minimum Gasteiger partial charge on any atom is -0.351 e. The van der Waals surface area contributed by atoms with Gasteiger partial charge in [-0.2, -0.15) is 0 Å². The van der Waals surface area contributed by atoms with Crippen LogP contribution in [0, 0.1) is 11.8 Å². The Labute approximate surface area is 170 Å². The Morgan fingerprint density at radius 2 is 1.97 bits per heavy atom. The van der Waals surface area contributed by atoms with Crippen molar-refractivity contribution in [2.75, 3.05) is 0 Å². The molecule has 1 aliphatic rings. The molecule has 3 aromatic rings. The summed E-state index contributed by atoms with van der Waals surface area (Å²) in [6.07, 6.45) is 7.76. The van der Waals surface area contributed by atoms with Gasteiger partial charge in [-0.15, -0.1) is 0 Å². The molecule has 1 amide bonds. The van der Waals surface area contributed by atoms with Crippen molar-refractivity contribution in [2.24, 2.45) is 11.8 Å². The molecule has 3 heterocycles. The first-order valence-electron chi connectivity index (χ1n) is 10.8. The first-order valence-corrected chi connectivity index (χ1v) is 10.8. The second kappa shape index (κ2) is 7.35. The van der Waals surface area contributed by atoms with Crippen LogP contribution in [-0.4, -0.2) is 31.0 Å². The molecule has 7 nitrogen and oxygen atoms in total. The summed E-state index contributed by atoms with van der Waals surface area (Å²) in [5, 5.41) is 4.24. The second-order valence-electron chi connectivity index (χ2n) is 8.76. The molecule has 156 valence electrons. The molecule has 0 bridgehead atoms. The van der Waals surface area contributed by atoms with E-state index in [1.807, 2.05) is 23.8 Å². The highest BCUT2D eigenvalue weighted by molar-refractivity contribution is 6.00. The highest BCUT2D eigenvalue weighted by atomic mass is 16.2. The summed E-state index contributed by atoms with van der Waals surface area (Å²) in [6, 6.07) is 2.09. The topological polar surface area (TPSA) is 95.6 Å². The van der Waals surface area contributed by atoms with Gasteiger partial charge in [0.25, 0.3) is 0 Å². The molecule has 7 heteroatoms. The zero-order valence-corrected chi connectivity index (χ0v) is 17.7. The van der Waals surface area contributed by atoms with Crippen LogP contribution in [0.3, 0.4) is 0 Å². The van der Waals surface area contributed by atoms with E-state index in [9.17, 15) is 9.59 Å². The summed E-state index contributed by atoms with van der Waals surface area (Å²) in [5.41, 5.74) is 2.20. The lowest BCUT2D eigenvalue weighted by Crippen LogP contribution is -2.54. The first kappa shape index (κ1) is 19.7. The van der Waals surface area contributed by atoms with Crippen LogP contribution in [0.25, 0.3) is 22.1 Å². The quantitative estimate of drug-likeness (QED) is 0.610. The van der Waals surface area contributed by atoms with Gasteiger partial charge in [0.2, 0.25) is 5.91 Å². The van der Waals surface area contributed by atoms with Crippen molar-refractivity contribution in [3.05, 3.63) is 28.9 Å². The third kappa shape index (κ3) is 3.26. The van der Waals surface area contributed by atoms with E-state index in [1.54, 1.807) is 6.20 Å². The molecular formula is C22H31N5O2. The van der Waals surface area contributed by atoms with Crippen molar-refractivity contribution in [1.29, 1.82) is 0 Å². The normalized spacial score (nSPS) is 27.5. The van der Waals surface area contributed by atoms with Gasteiger partial charge in [-0.3, -0.25) is 9.36 Å². The predicted octanol–water partition coefficient (Wildman–Crippen LogP) is 3.88. The smallest absolute Gasteiger partial charge is 0.326 e. The number of H-pyrrole nitrogens is 2. The third-order valence-electron chi connectivity index (χ3n) is 6.76. The number of nitrogens with one attached hydrogen (secondary N) is 3. The third-order valence-corrected chi connectivity index (χ3v) is 6.76. The molecule has 0 aromatic carbocycles. The number of fused-ring (bicyclic) bond motifs is 3. The Morgan fingerprint density at radius 3 is 2.59 bits per heavy atom. The largest absolute Gasteiger partial charge is 0.351 e. The summed E-state index contributed by atoms with van der Waals surface area (Å²) in [7, 11) is 0. The van der Waals surface area contributed by atoms with Crippen molar-refractivity contribution in [3.8, 4) is 0 Å². The Hall–Kier alpha value is -2.57. The fourth-order valence-corrected chi connectivity index (χ4v) is 5.49. The summed E-state index contributed by atoms with van der Waals surface area (Å²) < 4.78 is 1.98. The summed E-state index contributed by atoms with van der Waals surface area (Å²) in [6.45, 7) is 8.42. The Bertz CT molecular complexity index is 1080. The number of aromatic nitrogens is 4.